The van der Waals surface area contributed by atoms with Crippen LogP contribution in [0, 0.1) is 0 Å². The zero-order chi connectivity index (χ0) is 12.7. The number of carbonyl (C=O) groups is 1. The highest BCUT2D eigenvalue weighted by Gasteiger charge is 2.12. The molecule has 6 nitrogen and oxygen atoms in total. The van der Waals surface area contributed by atoms with Gasteiger partial charge in [0.2, 0.25) is 0 Å². The standard InChI is InChI=1S/C11H20N4O2/c1-3-5-14(8-11(16)17)7-10-12-9-13-15(10)6-4-2/h9H,3-8H2,1-2H3,(H,16,17). The number of hydrogen-bond acceptors (Lipinski definition) is 4. The van der Waals surface area contributed by atoms with Gasteiger partial charge in [-0.05, 0) is 19.4 Å². The summed E-state index contributed by atoms with van der Waals surface area (Å²) in [6.45, 7) is 6.28. The number of rotatable bonds is 8. The number of nitrogens with zero attached hydrogens (tertiary/aromatic N) is 4. The fraction of sp³-hybridized carbons (Fsp3) is 0.727. The largest absolute Gasteiger partial charge is 0.480 e. The summed E-state index contributed by atoms with van der Waals surface area (Å²) in [6, 6.07) is 0. The fourth-order valence-electron chi connectivity index (χ4n) is 1.73. The Kier molecular flexibility index (Phi) is 5.62. The van der Waals surface area contributed by atoms with Crippen LogP contribution in [0.4, 0.5) is 0 Å². The molecular formula is C11H20N4O2. The Morgan fingerprint density at radius 3 is 2.82 bits per heavy atom. The van der Waals surface area contributed by atoms with Crippen LogP contribution in [0.3, 0.4) is 0 Å². The van der Waals surface area contributed by atoms with Crippen LogP contribution in [0.5, 0.6) is 0 Å². The van der Waals surface area contributed by atoms with E-state index >= 15 is 0 Å². The molecule has 1 heterocycles. The lowest BCUT2D eigenvalue weighted by molar-refractivity contribution is -0.138. The maximum absolute atomic E-state index is 10.7. The quantitative estimate of drug-likeness (QED) is 0.733. The van der Waals surface area contributed by atoms with E-state index in [0.29, 0.717) is 6.54 Å². The normalized spacial score (nSPS) is 11.0. The van der Waals surface area contributed by atoms with Crippen LogP contribution in [0.2, 0.25) is 0 Å². The molecule has 0 amide bonds. The molecular weight excluding hydrogens is 220 g/mol. The zero-order valence-corrected chi connectivity index (χ0v) is 10.5. The van der Waals surface area contributed by atoms with Gasteiger partial charge in [-0.2, -0.15) is 5.10 Å². The lowest BCUT2D eigenvalue weighted by atomic mass is 10.3. The minimum atomic E-state index is -0.806. The zero-order valence-electron chi connectivity index (χ0n) is 10.5. The summed E-state index contributed by atoms with van der Waals surface area (Å²) >= 11 is 0. The number of carboxylic acids is 1. The topological polar surface area (TPSA) is 71.2 Å². The molecule has 0 aliphatic rings. The predicted octanol–water partition coefficient (Wildman–Crippen LogP) is 0.985. The van der Waals surface area contributed by atoms with Gasteiger partial charge in [0.25, 0.3) is 0 Å². The molecule has 0 radical (unpaired) electrons. The van der Waals surface area contributed by atoms with Crippen molar-refractivity contribution in [1.29, 1.82) is 0 Å². The van der Waals surface area contributed by atoms with E-state index in [2.05, 4.69) is 17.0 Å². The Morgan fingerprint density at radius 2 is 2.24 bits per heavy atom. The van der Waals surface area contributed by atoms with Crippen LogP contribution in [0.25, 0.3) is 0 Å². The monoisotopic (exact) mass is 240 g/mol. The van der Waals surface area contributed by atoms with Gasteiger partial charge >= 0.3 is 5.97 Å². The third-order valence-electron chi connectivity index (χ3n) is 2.39. The summed E-state index contributed by atoms with van der Waals surface area (Å²) in [6.07, 6.45) is 3.44. The van der Waals surface area contributed by atoms with Crippen LogP contribution in [0.15, 0.2) is 6.33 Å². The Morgan fingerprint density at radius 1 is 1.47 bits per heavy atom. The van der Waals surface area contributed by atoms with Gasteiger partial charge in [-0.25, -0.2) is 9.67 Å². The van der Waals surface area contributed by atoms with Gasteiger partial charge in [-0.3, -0.25) is 9.69 Å². The molecule has 1 N–H and O–H groups in total. The minimum Gasteiger partial charge on any atom is -0.480 e. The van der Waals surface area contributed by atoms with Crippen molar-refractivity contribution in [3.63, 3.8) is 0 Å². The summed E-state index contributed by atoms with van der Waals surface area (Å²) in [4.78, 5) is 16.8. The van der Waals surface area contributed by atoms with E-state index in [-0.39, 0.29) is 6.54 Å². The smallest absolute Gasteiger partial charge is 0.317 e. The van der Waals surface area contributed by atoms with Gasteiger partial charge < -0.3 is 5.11 Å². The van der Waals surface area contributed by atoms with Crippen LogP contribution in [-0.2, 0) is 17.9 Å². The number of hydrogen-bond donors (Lipinski definition) is 1. The third kappa shape index (κ3) is 4.52. The molecule has 1 rings (SSSR count). The van der Waals surface area contributed by atoms with E-state index in [4.69, 9.17) is 5.11 Å². The summed E-state index contributed by atoms with van der Waals surface area (Å²) in [5.41, 5.74) is 0. The van der Waals surface area contributed by atoms with Gasteiger partial charge in [0.15, 0.2) is 0 Å². The molecule has 1 aromatic rings. The van der Waals surface area contributed by atoms with E-state index in [0.717, 1.165) is 31.8 Å². The Bertz CT molecular complexity index is 351. The highest BCUT2D eigenvalue weighted by Crippen LogP contribution is 2.03. The molecule has 1 aromatic heterocycles. The molecule has 6 heteroatoms. The first-order valence-corrected chi connectivity index (χ1v) is 5.98. The molecule has 0 atom stereocenters. The van der Waals surface area contributed by atoms with Gasteiger partial charge in [0, 0.05) is 6.54 Å². The second kappa shape index (κ2) is 7.01. The van der Waals surface area contributed by atoms with E-state index in [1.807, 2.05) is 16.5 Å². The van der Waals surface area contributed by atoms with Crippen molar-refractivity contribution in [1.82, 2.24) is 19.7 Å². The van der Waals surface area contributed by atoms with Crippen LogP contribution in [0.1, 0.15) is 32.5 Å². The van der Waals surface area contributed by atoms with Crippen molar-refractivity contribution in [2.24, 2.45) is 0 Å². The summed E-state index contributed by atoms with van der Waals surface area (Å²) < 4.78 is 1.84. The Balaban J connectivity index is 2.64. The Hall–Kier alpha value is -1.43. The SMILES string of the molecule is CCCN(CC(=O)O)Cc1ncnn1CCC. The van der Waals surface area contributed by atoms with E-state index < -0.39 is 5.97 Å². The van der Waals surface area contributed by atoms with Gasteiger partial charge in [0.05, 0.1) is 13.1 Å². The molecule has 0 spiro atoms. The van der Waals surface area contributed by atoms with Crippen LogP contribution < -0.4 is 0 Å². The summed E-state index contributed by atoms with van der Waals surface area (Å²) in [7, 11) is 0. The van der Waals surface area contributed by atoms with Gasteiger partial charge in [-0.1, -0.05) is 13.8 Å². The number of carboxylic acid groups (broad SMARTS) is 1. The maximum Gasteiger partial charge on any atom is 0.317 e. The number of aromatic nitrogens is 3. The van der Waals surface area contributed by atoms with Gasteiger partial charge in [0.1, 0.15) is 12.2 Å². The minimum absolute atomic E-state index is 0.0484. The highest BCUT2D eigenvalue weighted by molar-refractivity contribution is 5.69. The Labute approximate surface area is 101 Å². The van der Waals surface area contributed by atoms with E-state index in [1.54, 1.807) is 0 Å². The van der Waals surface area contributed by atoms with E-state index in [1.165, 1.54) is 6.33 Å². The van der Waals surface area contributed by atoms with Crippen molar-refractivity contribution >= 4 is 5.97 Å². The molecule has 17 heavy (non-hydrogen) atoms. The van der Waals surface area contributed by atoms with Crippen LogP contribution in [-0.4, -0.2) is 43.8 Å². The first kappa shape index (κ1) is 13.6. The lowest BCUT2D eigenvalue weighted by Crippen LogP contribution is -2.31. The molecule has 96 valence electrons. The van der Waals surface area contributed by atoms with Crippen molar-refractivity contribution in [3.8, 4) is 0 Å². The van der Waals surface area contributed by atoms with Crippen molar-refractivity contribution in [2.75, 3.05) is 13.1 Å². The molecule has 0 aliphatic heterocycles. The maximum atomic E-state index is 10.7. The molecule has 0 saturated carbocycles. The fourth-order valence-corrected chi connectivity index (χ4v) is 1.73. The van der Waals surface area contributed by atoms with Crippen molar-refractivity contribution < 1.29 is 9.90 Å². The summed E-state index contributed by atoms with van der Waals surface area (Å²) in [5.74, 6) is 0.0292. The van der Waals surface area contributed by atoms with Gasteiger partial charge in [-0.15, -0.1) is 0 Å². The summed E-state index contributed by atoms with van der Waals surface area (Å²) in [5, 5.41) is 13.0. The average Bonchev–Trinajstić information content (AvgIpc) is 2.66. The lowest BCUT2D eigenvalue weighted by Gasteiger charge is -2.18. The first-order valence-electron chi connectivity index (χ1n) is 5.98. The van der Waals surface area contributed by atoms with E-state index in [9.17, 15) is 4.79 Å². The third-order valence-corrected chi connectivity index (χ3v) is 2.39. The number of aryl methyl sites for hydroxylation is 1. The molecule has 0 saturated heterocycles. The molecule has 0 fully saturated rings. The second-order valence-electron chi connectivity index (χ2n) is 4.00. The highest BCUT2D eigenvalue weighted by atomic mass is 16.4. The first-order chi connectivity index (χ1) is 8.17. The van der Waals surface area contributed by atoms with Crippen LogP contribution >= 0.6 is 0 Å². The predicted molar refractivity (Wildman–Crippen MR) is 63.5 cm³/mol. The molecule has 0 bridgehead atoms. The average molecular weight is 240 g/mol. The molecule has 0 aliphatic carbocycles. The molecule has 0 aromatic carbocycles. The van der Waals surface area contributed by atoms with Crippen molar-refractivity contribution in [3.05, 3.63) is 12.2 Å². The number of aliphatic carboxylic acids is 1. The van der Waals surface area contributed by atoms with Crippen molar-refractivity contribution in [2.45, 2.75) is 39.8 Å². The molecule has 0 unspecified atom stereocenters. The second-order valence-corrected chi connectivity index (χ2v) is 4.00.